The van der Waals surface area contributed by atoms with Crippen molar-refractivity contribution < 1.29 is 0 Å². The van der Waals surface area contributed by atoms with Crippen LogP contribution >= 0.6 is 15.9 Å². The lowest BCUT2D eigenvalue weighted by Crippen LogP contribution is -2.08. The van der Waals surface area contributed by atoms with Gasteiger partial charge in [0.1, 0.15) is 0 Å². The molecule has 0 fully saturated rings. The Hall–Kier alpha value is -0.870. The maximum absolute atomic E-state index is 5.64. The normalized spacial score (nSPS) is 13.4. The highest BCUT2D eigenvalue weighted by molar-refractivity contribution is 9.10. The molecule has 1 unspecified atom stereocenters. The highest BCUT2D eigenvalue weighted by Crippen LogP contribution is 2.22. The predicted octanol–water partition coefficient (Wildman–Crippen LogP) is 2.16. The van der Waals surface area contributed by atoms with Crippen molar-refractivity contribution in [3.8, 4) is 0 Å². The summed E-state index contributed by atoms with van der Waals surface area (Å²) in [6.45, 7) is 2.76. The maximum atomic E-state index is 5.64. The first kappa shape index (κ1) is 9.68. The molecular formula is C10H12BrN3. The Morgan fingerprint density at radius 2 is 2.43 bits per heavy atom. The van der Waals surface area contributed by atoms with E-state index in [0.29, 0.717) is 12.5 Å². The van der Waals surface area contributed by atoms with Crippen LogP contribution in [0.25, 0.3) is 5.52 Å². The zero-order valence-electron chi connectivity index (χ0n) is 7.94. The van der Waals surface area contributed by atoms with E-state index in [9.17, 15) is 0 Å². The van der Waals surface area contributed by atoms with Gasteiger partial charge in [-0.3, -0.25) is 0 Å². The van der Waals surface area contributed by atoms with Crippen LogP contribution in [0.2, 0.25) is 0 Å². The average Bonchev–Trinajstić information content (AvgIpc) is 2.59. The lowest BCUT2D eigenvalue weighted by Gasteiger charge is -2.05. The lowest BCUT2D eigenvalue weighted by molar-refractivity contribution is 0.780. The molecule has 74 valence electrons. The zero-order valence-corrected chi connectivity index (χ0v) is 9.53. The van der Waals surface area contributed by atoms with E-state index in [1.54, 1.807) is 0 Å². The number of fused-ring (bicyclic) bond motifs is 1. The van der Waals surface area contributed by atoms with Crippen molar-refractivity contribution in [2.24, 2.45) is 5.73 Å². The molecule has 0 aliphatic carbocycles. The molecule has 0 aliphatic heterocycles. The van der Waals surface area contributed by atoms with Crippen LogP contribution in [0.4, 0.5) is 0 Å². The number of rotatable bonds is 2. The van der Waals surface area contributed by atoms with E-state index >= 15 is 0 Å². The quantitative estimate of drug-likeness (QED) is 0.892. The van der Waals surface area contributed by atoms with Crippen molar-refractivity contribution in [3.63, 3.8) is 0 Å². The van der Waals surface area contributed by atoms with Gasteiger partial charge in [0.2, 0.25) is 0 Å². The van der Waals surface area contributed by atoms with E-state index < -0.39 is 0 Å². The molecule has 0 saturated carbocycles. The molecule has 3 nitrogen and oxygen atoms in total. The van der Waals surface area contributed by atoms with Gasteiger partial charge in [-0.2, -0.15) is 5.10 Å². The van der Waals surface area contributed by atoms with Gasteiger partial charge in [-0.25, -0.2) is 4.52 Å². The molecule has 14 heavy (non-hydrogen) atoms. The maximum Gasteiger partial charge on any atom is 0.0707 e. The topological polar surface area (TPSA) is 43.3 Å². The van der Waals surface area contributed by atoms with Gasteiger partial charge < -0.3 is 5.73 Å². The SMILES string of the molecule is CC(CN)c1cnn2ccc(Br)cc12. The molecule has 2 rings (SSSR count). The Labute approximate surface area is 91.0 Å². The van der Waals surface area contributed by atoms with Gasteiger partial charge in [-0.1, -0.05) is 22.9 Å². The number of hydrogen-bond acceptors (Lipinski definition) is 2. The molecule has 0 bridgehead atoms. The van der Waals surface area contributed by atoms with Crippen molar-refractivity contribution >= 4 is 21.4 Å². The first-order valence-electron chi connectivity index (χ1n) is 4.55. The minimum atomic E-state index is 0.349. The summed E-state index contributed by atoms with van der Waals surface area (Å²) in [6, 6.07) is 4.03. The van der Waals surface area contributed by atoms with Gasteiger partial charge in [0.25, 0.3) is 0 Å². The second-order valence-corrected chi connectivity index (χ2v) is 4.33. The fourth-order valence-corrected chi connectivity index (χ4v) is 1.82. The predicted molar refractivity (Wildman–Crippen MR) is 60.4 cm³/mol. The van der Waals surface area contributed by atoms with E-state index in [2.05, 4.69) is 34.0 Å². The lowest BCUT2D eigenvalue weighted by atomic mass is 10.0. The number of nitrogens with two attached hydrogens (primary N) is 1. The molecule has 2 aromatic heterocycles. The molecule has 1 atom stereocenters. The summed E-state index contributed by atoms with van der Waals surface area (Å²) in [5.41, 5.74) is 7.97. The van der Waals surface area contributed by atoms with Gasteiger partial charge in [0, 0.05) is 16.2 Å². The molecule has 4 heteroatoms. The highest BCUT2D eigenvalue weighted by Gasteiger charge is 2.10. The van der Waals surface area contributed by atoms with E-state index in [1.165, 1.54) is 5.56 Å². The van der Waals surface area contributed by atoms with Crippen LogP contribution in [-0.2, 0) is 0 Å². The van der Waals surface area contributed by atoms with Crippen molar-refractivity contribution in [1.82, 2.24) is 9.61 Å². The van der Waals surface area contributed by atoms with E-state index in [1.807, 2.05) is 23.0 Å². The Morgan fingerprint density at radius 3 is 3.14 bits per heavy atom. The summed E-state index contributed by atoms with van der Waals surface area (Å²) >= 11 is 3.45. The summed E-state index contributed by atoms with van der Waals surface area (Å²) < 4.78 is 2.93. The summed E-state index contributed by atoms with van der Waals surface area (Å²) in [5, 5.41) is 4.27. The molecule has 0 aromatic carbocycles. The third-order valence-corrected chi connectivity index (χ3v) is 2.89. The summed E-state index contributed by atoms with van der Waals surface area (Å²) in [4.78, 5) is 0. The minimum absolute atomic E-state index is 0.349. The van der Waals surface area contributed by atoms with Gasteiger partial charge in [0.05, 0.1) is 11.7 Å². The van der Waals surface area contributed by atoms with Crippen molar-refractivity contribution in [1.29, 1.82) is 0 Å². The van der Waals surface area contributed by atoms with Crippen LogP contribution < -0.4 is 5.73 Å². The zero-order chi connectivity index (χ0) is 10.1. The summed E-state index contributed by atoms with van der Waals surface area (Å²) in [7, 11) is 0. The third kappa shape index (κ3) is 1.55. The van der Waals surface area contributed by atoms with Crippen LogP contribution in [0, 0.1) is 0 Å². The molecule has 2 N–H and O–H groups in total. The monoisotopic (exact) mass is 253 g/mol. The molecule has 2 aromatic rings. The van der Waals surface area contributed by atoms with Gasteiger partial charge in [-0.15, -0.1) is 0 Å². The standard InChI is InChI=1S/C10H12BrN3/c1-7(5-12)9-6-13-14-3-2-8(11)4-10(9)14/h2-4,6-7H,5,12H2,1H3. The van der Waals surface area contributed by atoms with E-state index in [-0.39, 0.29) is 0 Å². The Morgan fingerprint density at radius 1 is 1.64 bits per heavy atom. The second kappa shape index (κ2) is 3.71. The van der Waals surface area contributed by atoms with Crippen molar-refractivity contribution in [2.45, 2.75) is 12.8 Å². The second-order valence-electron chi connectivity index (χ2n) is 3.41. The first-order chi connectivity index (χ1) is 6.72. The molecule has 0 radical (unpaired) electrons. The van der Waals surface area contributed by atoms with E-state index in [4.69, 9.17) is 5.73 Å². The molecule has 2 heterocycles. The first-order valence-corrected chi connectivity index (χ1v) is 5.34. The van der Waals surface area contributed by atoms with Crippen LogP contribution in [0.1, 0.15) is 18.4 Å². The number of aromatic nitrogens is 2. The van der Waals surface area contributed by atoms with Gasteiger partial charge in [0.15, 0.2) is 0 Å². The largest absolute Gasteiger partial charge is 0.330 e. The molecule has 0 amide bonds. The van der Waals surface area contributed by atoms with Crippen molar-refractivity contribution in [2.75, 3.05) is 6.54 Å². The fraction of sp³-hybridized carbons (Fsp3) is 0.300. The van der Waals surface area contributed by atoms with Gasteiger partial charge >= 0.3 is 0 Å². The minimum Gasteiger partial charge on any atom is -0.330 e. The molecule has 0 aliphatic rings. The highest BCUT2D eigenvalue weighted by atomic mass is 79.9. The number of hydrogen-bond donors (Lipinski definition) is 1. The number of nitrogens with zero attached hydrogens (tertiary/aromatic N) is 2. The molecule has 0 spiro atoms. The number of halogens is 1. The number of pyridine rings is 1. The van der Waals surface area contributed by atoms with Gasteiger partial charge in [-0.05, 0) is 24.6 Å². The smallest absolute Gasteiger partial charge is 0.0707 e. The van der Waals surface area contributed by atoms with Crippen LogP contribution in [0.5, 0.6) is 0 Å². The summed E-state index contributed by atoms with van der Waals surface area (Å²) in [6.07, 6.45) is 3.82. The Kier molecular flexibility index (Phi) is 2.56. The van der Waals surface area contributed by atoms with Crippen molar-refractivity contribution in [3.05, 3.63) is 34.6 Å². The Bertz CT molecular complexity index is 450. The molecule has 0 saturated heterocycles. The average molecular weight is 254 g/mol. The third-order valence-electron chi connectivity index (χ3n) is 2.40. The summed E-state index contributed by atoms with van der Waals surface area (Å²) in [5.74, 6) is 0.349. The van der Waals surface area contributed by atoms with Crippen LogP contribution in [-0.4, -0.2) is 16.2 Å². The van der Waals surface area contributed by atoms with Crippen LogP contribution in [0.15, 0.2) is 29.0 Å². The van der Waals surface area contributed by atoms with E-state index in [0.717, 1.165) is 9.99 Å². The Balaban J connectivity index is 2.61. The fourth-order valence-electron chi connectivity index (χ4n) is 1.48. The molecular weight excluding hydrogens is 242 g/mol. The van der Waals surface area contributed by atoms with Crippen LogP contribution in [0.3, 0.4) is 0 Å².